The predicted octanol–water partition coefficient (Wildman–Crippen LogP) is 7.07. The van der Waals surface area contributed by atoms with Crippen LogP contribution in [0.4, 0.5) is 0 Å². The molecule has 3 aliphatic rings. The van der Waals surface area contributed by atoms with Gasteiger partial charge in [0.05, 0.1) is 5.60 Å². The van der Waals surface area contributed by atoms with E-state index in [9.17, 15) is 15.0 Å². The molecule has 0 spiro atoms. The van der Waals surface area contributed by atoms with Crippen molar-refractivity contribution >= 4 is 5.97 Å². The Morgan fingerprint density at radius 2 is 1.92 bits per heavy atom. The fraction of sp³-hybridized carbons (Fsp3) is 0.647. The zero-order valence-electron chi connectivity index (χ0n) is 24.6. The quantitative estimate of drug-likeness (QED) is 0.275. The molecular weight excluding hydrogens is 486 g/mol. The summed E-state index contributed by atoms with van der Waals surface area (Å²) >= 11 is 0. The minimum atomic E-state index is -1.17. The molecule has 214 valence electrons. The molecule has 2 unspecified atom stereocenters. The van der Waals surface area contributed by atoms with E-state index in [1.54, 1.807) is 24.4 Å². The van der Waals surface area contributed by atoms with Crippen LogP contribution in [0.25, 0.3) is 0 Å². The molecule has 0 aliphatic heterocycles. The predicted molar refractivity (Wildman–Crippen MR) is 156 cm³/mol. The lowest BCUT2D eigenvalue weighted by molar-refractivity contribution is -0.155. The summed E-state index contributed by atoms with van der Waals surface area (Å²) in [6, 6.07) is 5.18. The summed E-state index contributed by atoms with van der Waals surface area (Å²) in [5.41, 5.74) is 0.954. The van der Waals surface area contributed by atoms with Crippen molar-refractivity contribution in [2.45, 2.75) is 104 Å². The van der Waals surface area contributed by atoms with E-state index in [0.29, 0.717) is 55.0 Å². The second-order valence-corrected chi connectivity index (χ2v) is 13.2. The Morgan fingerprint density at radius 3 is 2.62 bits per heavy atom. The summed E-state index contributed by atoms with van der Waals surface area (Å²) in [5.74, 6) is 1.71. The van der Waals surface area contributed by atoms with Crippen molar-refractivity contribution in [2.75, 3.05) is 0 Å². The van der Waals surface area contributed by atoms with Gasteiger partial charge in [0.25, 0.3) is 0 Å². The van der Waals surface area contributed by atoms with Gasteiger partial charge in [0.1, 0.15) is 17.9 Å². The molecule has 1 aromatic heterocycles. The van der Waals surface area contributed by atoms with Gasteiger partial charge < -0.3 is 14.9 Å². The second kappa shape index (κ2) is 12.1. The average molecular weight is 536 g/mol. The molecule has 1 aromatic rings. The number of allylic oxidation sites excluding steroid dienone is 3. The molecule has 3 aliphatic carbocycles. The number of rotatable bonds is 8. The van der Waals surface area contributed by atoms with Gasteiger partial charge >= 0.3 is 5.97 Å². The standard InChI is InChI=1S/C34H49NO4/c1-22(2)23(3)11-12-25(5)28-15-16-30-33(28,6)17-9-18-34(30,38)31(36)21-26-20-27(14-13-24(26)4)39-32(37)29-10-7-8-19-35-29/h7-8,10-12,19,21-23,25,27-28,30-31,36,38H,4,9,13-18,20H2,1-3,5-6H3/b12-11+,26-21-/t23-,25+,27+,28+,30+,31?,33+,34?/m0/s1. The summed E-state index contributed by atoms with van der Waals surface area (Å²) < 4.78 is 5.75. The maximum Gasteiger partial charge on any atom is 0.357 e. The van der Waals surface area contributed by atoms with Gasteiger partial charge in [-0.1, -0.05) is 65.0 Å². The SMILES string of the molecule is C=C1CC[C@@H](OC(=O)c2ccccn2)C/C1=C/C(O)C1(O)CCC[C@]2(C)[C@@H]([C@H](C)/C=C/[C@H](C)C(C)C)CC[C@@H]12. The maximum atomic E-state index is 12.6. The molecule has 5 heteroatoms. The number of hydrogen-bond acceptors (Lipinski definition) is 5. The van der Waals surface area contributed by atoms with Crippen LogP contribution in [0.5, 0.6) is 0 Å². The normalized spacial score (nSPS) is 34.7. The third-order valence-corrected chi connectivity index (χ3v) is 10.4. The zero-order valence-corrected chi connectivity index (χ0v) is 24.6. The first-order chi connectivity index (χ1) is 18.5. The monoisotopic (exact) mass is 535 g/mol. The van der Waals surface area contributed by atoms with E-state index >= 15 is 0 Å². The summed E-state index contributed by atoms with van der Waals surface area (Å²) in [6.45, 7) is 15.7. The highest BCUT2D eigenvalue weighted by molar-refractivity contribution is 5.87. The van der Waals surface area contributed by atoms with E-state index in [2.05, 4.69) is 58.3 Å². The van der Waals surface area contributed by atoms with Crippen LogP contribution in [-0.2, 0) is 4.74 Å². The van der Waals surface area contributed by atoms with E-state index < -0.39 is 17.7 Å². The Balaban J connectivity index is 1.48. The van der Waals surface area contributed by atoms with Gasteiger partial charge in [-0.3, -0.25) is 0 Å². The van der Waals surface area contributed by atoms with Crippen LogP contribution < -0.4 is 0 Å². The molecule has 1 heterocycles. The number of fused-ring (bicyclic) bond motifs is 1. The first-order valence-electron chi connectivity index (χ1n) is 15.0. The smallest absolute Gasteiger partial charge is 0.357 e. The molecule has 8 atom stereocenters. The summed E-state index contributed by atoms with van der Waals surface area (Å²) in [5, 5.41) is 23.7. The first-order valence-corrected chi connectivity index (χ1v) is 15.0. The van der Waals surface area contributed by atoms with E-state index in [1.807, 2.05) is 6.08 Å². The molecule has 2 N–H and O–H groups in total. The van der Waals surface area contributed by atoms with E-state index in [1.165, 1.54) is 0 Å². The number of pyridine rings is 1. The molecular formula is C34H49NO4. The Kier molecular flexibility index (Phi) is 9.22. The lowest BCUT2D eigenvalue weighted by Crippen LogP contribution is -2.56. The van der Waals surface area contributed by atoms with Gasteiger partial charge in [0, 0.05) is 12.6 Å². The Labute approximate surface area is 235 Å². The largest absolute Gasteiger partial charge is 0.457 e. The van der Waals surface area contributed by atoms with Crippen LogP contribution in [-0.4, -0.2) is 39.0 Å². The van der Waals surface area contributed by atoms with Crippen molar-refractivity contribution in [3.05, 3.63) is 66.0 Å². The minimum Gasteiger partial charge on any atom is -0.457 e. The van der Waals surface area contributed by atoms with E-state index in [-0.39, 0.29) is 17.4 Å². The second-order valence-electron chi connectivity index (χ2n) is 13.2. The third kappa shape index (κ3) is 6.25. The first kappa shape index (κ1) is 29.7. The lowest BCUT2D eigenvalue weighted by Gasteiger charge is -2.52. The number of nitrogens with zero attached hydrogens (tertiary/aromatic N) is 1. The fourth-order valence-corrected chi connectivity index (χ4v) is 7.60. The number of aliphatic hydroxyl groups is 2. The fourth-order valence-electron chi connectivity index (χ4n) is 7.60. The zero-order chi connectivity index (χ0) is 28.4. The van der Waals surface area contributed by atoms with Crippen LogP contribution in [0, 0.1) is 35.0 Å². The van der Waals surface area contributed by atoms with E-state index in [0.717, 1.165) is 36.8 Å². The van der Waals surface area contributed by atoms with Crippen LogP contribution in [0.15, 0.2) is 60.3 Å². The van der Waals surface area contributed by atoms with Gasteiger partial charge in [-0.15, -0.1) is 0 Å². The number of carbonyl (C=O) groups is 1. The topological polar surface area (TPSA) is 79.7 Å². The number of carbonyl (C=O) groups excluding carboxylic acids is 1. The Hall–Kier alpha value is -2.24. The van der Waals surface area contributed by atoms with Crippen molar-refractivity contribution in [2.24, 2.45) is 35.0 Å². The third-order valence-electron chi connectivity index (χ3n) is 10.4. The van der Waals surface area contributed by atoms with Crippen LogP contribution in [0.2, 0.25) is 0 Å². The molecule has 0 aromatic carbocycles. The minimum absolute atomic E-state index is 0.0123. The highest BCUT2D eigenvalue weighted by atomic mass is 16.5. The molecule has 4 rings (SSSR count). The average Bonchev–Trinajstić information content (AvgIpc) is 3.27. The van der Waals surface area contributed by atoms with Crippen LogP contribution in [0.1, 0.15) is 96.5 Å². The van der Waals surface area contributed by atoms with Gasteiger partial charge in [0.15, 0.2) is 0 Å². The Bertz CT molecular complexity index is 1080. The number of hydrogen-bond donors (Lipinski definition) is 2. The highest BCUT2D eigenvalue weighted by Gasteiger charge is 2.59. The van der Waals surface area contributed by atoms with Crippen LogP contribution >= 0.6 is 0 Å². The number of esters is 1. The summed E-state index contributed by atoms with van der Waals surface area (Å²) in [4.78, 5) is 16.7. The molecule has 5 nitrogen and oxygen atoms in total. The van der Waals surface area contributed by atoms with Crippen molar-refractivity contribution in [1.29, 1.82) is 0 Å². The molecule has 39 heavy (non-hydrogen) atoms. The van der Waals surface area contributed by atoms with Gasteiger partial charge in [0.2, 0.25) is 0 Å². The number of aromatic nitrogens is 1. The molecule has 0 radical (unpaired) electrons. The summed E-state index contributed by atoms with van der Waals surface area (Å²) in [7, 11) is 0. The maximum absolute atomic E-state index is 12.6. The molecule has 0 amide bonds. The molecule has 3 fully saturated rings. The number of ether oxygens (including phenoxy) is 1. The lowest BCUT2D eigenvalue weighted by atomic mass is 9.56. The van der Waals surface area contributed by atoms with Crippen LogP contribution in [0.3, 0.4) is 0 Å². The highest BCUT2D eigenvalue weighted by Crippen LogP contribution is 2.61. The van der Waals surface area contributed by atoms with Gasteiger partial charge in [-0.2, -0.15) is 0 Å². The van der Waals surface area contributed by atoms with Crippen molar-refractivity contribution in [3.63, 3.8) is 0 Å². The van der Waals surface area contributed by atoms with Gasteiger partial charge in [-0.05, 0) is 104 Å². The van der Waals surface area contributed by atoms with Crippen molar-refractivity contribution in [3.8, 4) is 0 Å². The molecule has 0 bridgehead atoms. The van der Waals surface area contributed by atoms with E-state index in [4.69, 9.17) is 4.74 Å². The van der Waals surface area contributed by atoms with Crippen molar-refractivity contribution in [1.82, 2.24) is 4.98 Å². The molecule has 3 saturated carbocycles. The van der Waals surface area contributed by atoms with Crippen molar-refractivity contribution < 1.29 is 19.7 Å². The number of aliphatic hydroxyl groups excluding tert-OH is 1. The van der Waals surface area contributed by atoms with Gasteiger partial charge in [-0.25, -0.2) is 9.78 Å². The Morgan fingerprint density at radius 1 is 1.15 bits per heavy atom. The molecule has 0 saturated heterocycles. The summed E-state index contributed by atoms with van der Waals surface area (Å²) in [6.07, 6.45) is 13.4.